The van der Waals surface area contributed by atoms with Crippen LogP contribution in [0.15, 0.2) is 30.3 Å². The molecule has 1 amide bonds. The lowest BCUT2D eigenvalue weighted by molar-refractivity contribution is -0.135. The lowest BCUT2D eigenvalue weighted by atomic mass is 10.1. The largest absolute Gasteiger partial charge is 0.368 e. The zero-order chi connectivity index (χ0) is 12.8. The van der Waals surface area contributed by atoms with Crippen molar-refractivity contribution >= 4 is 5.91 Å². The first-order valence-electron chi connectivity index (χ1n) is 6.18. The summed E-state index contributed by atoms with van der Waals surface area (Å²) in [6.45, 7) is 0.626. The van der Waals surface area contributed by atoms with Crippen molar-refractivity contribution in [2.45, 2.75) is 31.4 Å². The molecule has 2 atom stereocenters. The third kappa shape index (κ3) is 3.08. The minimum absolute atomic E-state index is 0.190. The summed E-state index contributed by atoms with van der Waals surface area (Å²) in [5.41, 5.74) is 0.796. The zero-order valence-electron chi connectivity index (χ0n) is 10.1. The number of rotatable bonds is 3. The van der Waals surface area contributed by atoms with Gasteiger partial charge in [0.25, 0.3) is 0 Å². The highest BCUT2D eigenvalue weighted by Gasteiger charge is 2.24. The molecular formula is C14H16N2O2. The van der Waals surface area contributed by atoms with Crippen LogP contribution in [0.2, 0.25) is 0 Å². The molecule has 1 N–H and O–H groups in total. The maximum Gasteiger partial charge on any atom is 0.250 e. The van der Waals surface area contributed by atoms with Gasteiger partial charge in [-0.3, -0.25) is 4.79 Å². The Balaban J connectivity index is 1.98. The van der Waals surface area contributed by atoms with Crippen LogP contribution in [0.25, 0.3) is 0 Å². The summed E-state index contributed by atoms with van der Waals surface area (Å²) in [5.74, 6) is -0.190. The van der Waals surface area contributed by atoms with Gasteiger partial charge < -0.3 is 10.1 Å². The van der Waals surface area contributed by atoms with Crippen LogP contribution in [0.5, 0.6) is 0 Å². The minimum Gasteiger partial charge on any atom is -0.368 e. The molecule has 1 fully saturated rings. The number of benzene rings is 1. The molecule has 0 saturated carbocycles. The fourth-order valence-corrected chi connectivity index (χ4v) is 2.02. The van der Waals surface area contributed by atoms with Crippen molar-refractivity contribution in [3.8, 4) is 6.07 Å². The number of hydrogen-bond donors (Lipinski definition) is 1. The molecule has 1 aliphatic heterocycles. The molecule has 1 aromatic carbocycles. The molecule has 0 radical (unpaired) electrons. The summed E-state index contributed by atoms with van der Waals surface area (Å²) in [6, 6.07) is 10.7. The number of nitrogens with zero attached hydrogens (tertiary/aromatic N) is 1. The smallest absolute Gasteiger partial charge is 0.250 e. The van der Waals surface area contributed by atoms with E-state index in [2.05, 4.69) is 11.4 Å². The molecule has 2 unspecified atom stereocenters. The molecule has 1 aliphatic rings. The van der Waals surface area contributed by atoms with Crippen LogP contribution >= 0.6 is 0 Å². The number of nitriles is 1. The fourth-order valence-electron chi connectivity index (χ4n) is 2.02. The van der Waals surface area contributed by atoms with Gasteiger partial charge in [-0.2, -0.15) is 5.26 Å². The summed E-state index contributed by atoms with van der Waals surface area (Å²) in [6.07, 6.45) is 2.34. The van der Waals surface area contributed by atoms with E-state index in [0.29, 0.717) is 6.61 Å². The van der Waals surface area contributed by atoms with E-state index in [4.69, 9.17) is 10.00 Å². The van der Waals surface area contributed by atoms with Crippen molar-refractivity contribution in [2.24, 2.45) is 0 Å². The van der Waals surface area contributed by atoms with Crippen molar-refractivity contribution in [1.29, 1.82) is 5.26 Å². The van der Waals surface area contributed by atoms with Gasteiger partial charge in [-0.1, -0.05) is 30.3 Å². The van der Waals surface area contributed by atoms with Gasteiger partial charge in [-0.05, 0) is 24.8 Å². The average molecular weight is 244 g/mol. The van der Waals surface area contributed by atoms with E-state index in [1.165, 1.54) is 0 Å². The average Bonchev–Trinajstić information content (AvgIpc) is 2.46. The standard InChI is InChI=1S/C14H16N2O2/c15-10-12(11-6-2-1-3-7-11)16-14(17)13-8-4-5-9-18-13/h1-3,6-7,12-13H,4-5,8-9H2,(H,16,17). The second-order valence-electron chi connectivity index (χ2n) is 4.34. The van der Waals surface area contributed by atoms with Crippen LogP contribution in [0.3, 0.4) is 0 Å². The third-order valence-electron chi connectivity index (χ3n) is 3.02. The first-order chi connectivity index (χ1) is 8.81. The fraction of sp³-hybridized carbons (Fsp3) is 0.429. The van der Waals surface area contributed by atoms with E-state index in [-0.39, 0.29) is 5.91 Å². The first-order valence-corrected chi connectivity index (χ1v) is 6.18. The summed E-state index contributed by atoms with van der Waals surface area (Å²) < 4.78 is 5.40. The normalized spacial score (nSPS) is 20.7. The molecule has 0 aromatic heterocycles. The first kappa shape index (κ1) is 12.6. The Labute approximate surface area is 107 Å². The number of carbonyl (C=O) groups is 1. The van der Waals surface area contributed by atoms with Gasteiger partial charge in [0.05, 0.1) is 6.07 Å². The molecule has 1 saturated heterocycles. The molecule has 1 aromatic rings. The van der Waals surface area contributed by atoms with Crippen molar-refractivity contribution in [3.05, 3.63) is 35.9 Å². The number of amides is 1. The van der Waals surface area contributed by atoms with Gasteiger partial charge in [0.15, 0.2) is 0 Å². The van der Waals surface area contributed by atoms with E-state index in [1.54, 1.807) is 0 Å². The molecule has 94 valence electrons. The Hall–Kier alpha value is -1.86. The number of nitrogens with one attached hydrogen (secondary N) is 1. The summed E-state index contributed by atoms with van der Waals surface area (Å²) in [5, 5.41) is 11.8. The number of ether oxygens (including phenoxy) is 1. The van der Waals surface area contributed by atoms with Gasteiger partial charge in [0.1, 0.15) is 12.1 Å². The van der Waals surface area contributed by atoms with E-state index >= 15 is 0 Å². The van der Waals surface area contributed by atoms with Crippen molar-refractivity contribution in [3.63, 3.8) is 0 Å². The van der Waals surface area contributed by atoms with E-state index in [1.807, 2.05) is 30.3 Å². The Kier molecular flexibility index (Phi) is 4.32. The number of hydrogen-bond acceptors (Lipinski definition) is 3. The van der Waals surface area contributed by atoms with Crippen molar-refractivity contribution in [1.82, 2.24) is 5.32 Å². The highest BCUT2D eigenvalue weighted by molar-refractivity contribution is 5.81. The molecule has 4 nitrogen and oxygen atoms in total. The maximum absolute atomic E-state index is 12.0. The Morgan fingerprint density at radius 1 is 1.39 bits per heavy atom. The second kappa shape index (κ2) is 6.18. The summed E-state index contributed by atoms with van der Waals surface area (Å²) in [4.78, 5) is 12.0. The molecule has 0 aliphatic carbocycles. The monoisotopic (exact) mass is 244 g/mol. The third-order valence-corrected chi connectivity index (χ3v) is 3.02. The van der Waals surface area contributed by atoms with Crippen molar-refractivity contribution in [2.75, 3.05) is 6.61 Å². The SMILES string of the molecule is N#CC(NC(=O)C1CCCCO1)c1ccccc1. The van der Waals surface area contributed by atoms with Crippen molar-refractivity contribution < 1.29 is 9.53 Å². The lowest BCUT2D eigenvalue weighted by Crippen LogP contribution is -2.39. The zero-order valence-corrected chi connectivity index (χ0v) is 10.1. The van der Waals surface area contributed by atoms with E-state index < -0.39 is 12.1 Å². The predicted octanol–water partition coefficient (Wildman–Crippen LogP) is 1.94. The summed E-state index contributed by atoms with van der Waals surface area (Å²) >= 11 is 0. The van der Waals surface area contributed by atoms with Crippen LogP contribution in [-0.4, -0.2) is 18.6 Å². The topological polar surface area (TPSA) is 62.1 Å². The molecule has 2 rings (SSSR count). The van der Waals surface area contributed by atoms with Gasteiger partial charge in [0, 0.05) is 6.61 Å². The molecule has 0 bridgehead atoms. The second-order valence-corrected chi connectivity index (χ2v) is 4.34. The van der Waals surface area contributed by atoms with Crippen LogP contribution in [-0.2, 0) is 9.53 Å². The highest BCUT2D eigenvalue weighted by atomic mass is 16.5. The number of carbonyl (C=O) groups excluding carboxylic acids is 1. The van der Waals surface area contributed by atoms with E-state index in [0.717, 1.165) is 24.8 Å². The molecule has 18 heavy (non-hydrogen) atoms. The quantitative estimate of drug-likeness (QED) is 0.883. The predicted molar refractivity (Wildman–Crippen MR) is 66.5 cm³/mol. The van der Waals surface area contributed by atoms with Crippen LogP contribution in [0, 0.1) is 11.3 Å². The van der Waals surface area contributed by atoms with Gasteiger partial charge in [-0.25, -0.2) is 0 Å². The minimum atomic E-state index is -0.607. The van der Waals surface area contributed by atoms with Gasteiger partial charge in [-0.15, -0.1) is 0 Å². The van der Waals surface area contributed by atoms with Crippen LogP contribution < -0.4 is 5.32 Å². The summed E-state index contributed by atoms with van der Waals surface area (Å²) in [7, 11) is 0. The maximum atomic E-state index is 12.0. The molecule has 4 heteroatoms. The van der Waals surface area contributed by atoms with Crippen LogP contribution in [0.1, 0.15) is 30.9 Å². The van der Waals surface area contributed by atoms with Gasteiger partial charge in [0.2, 0.25) is 5.91 Å². The Bertz CT molecular complexity index is 433. The molecular weight excluding hydrogens is 228 g/mol. The Morgan fingerprint density at radius 2 is 2.17 bits per heavy atom. The Morgan fingerprint density at radius 3 is 2.78 bits per heavy atom. The van der Waals surface area contributed by atoms with Gasteiger partial charge >= 0.3 is 0 Å². The lowest BCUT2D eigenvalue weighted by Gasteiger charge is -2.23. The molecule has 1 heterocycles. The van der Waals surface area contributed by atoms with Crippen LogP contribution in [0.4, 0.5) is 0 Å². The van der Waals surface area contributed by atoms with E-state index in [9.17, 15) is 4.79 Å². The highest BCUT2D eigenvalue weighted by Crippen LogP contribution is 2.16. The molecule has 0 spiro atoms.